The minimum atomic E-state index is -0.350. The number of aliphatic imine (C=N–C) groups is 1. The molecule has 0 aliphatic carbocycles. The average Bonchev–Trinajstić information content (AvgIpc) is 4.02. The smallest absolute Gasteiger partial charge is 0.107 e. The van der Waals surface area contributed by atoms with Crippen molar-refractivity contribution >= 4 is 38.7 Å². The van der Waals surface area contributed by atoms with Crippen molar-refractivity contribution in [3.8, 4) is 0 Å². The van der Waals surface area contributed by atoms with Crippen LogP contribution in [0.25, 0.3) is 32.9 Å². The Morgan fingerprint density at radius 2 is 1.21 bits per heavy atom. The molecule has 1 heterocycles. The molecule has 2 unspecified atom stereocenters. The third kappa shape index (κ3) is 7.38. The number of rotatable bonds is 11. The van der Waals surface area contributed by atoms with E-state index < -0.39 is 0 Å². The molecule has 6 N–H and O–H groups in total. The van der Waals surface area contributed by atoms with Crippen molar-refractivity contribution in [2.24, 2.45) is 22.2 Å². The van der Waals surface area contributed by atoms with Crippen LogP contribution in [0.1, 0.15) is 45.6 Å². The first-order valence-corrected chi connectivity index (χ1v) is 18.0. The van der Waals surface area contributed by atoms with E-state index in [-0.39, 0.29) is 12.2 Å². The molecule has 3 atom stereocenters. The van der Waals surface area contributed by atoms with Gasteiger partial charge in [0.2, 0.25) is 0 Å². The Hall–Kier alpha value is -6.31. The van der Waals surface area contributed by atoms with E-state index in [9.17, 15) is 0 Å². The summed E-state index contributed by atoms with van der Waals surface area (Å²) in [5, 5.41) is 8.99. The Morgan fingerprint density at radius 1 is 0.604 bits per heavy atom. The van der Waals surface area contributed by atoms with Gasteiger partial charge in [0, 0.05) is 11.3 Å². The molecule has 8 rings (SSSR count). The highest BCUT2D eigenvalue weighted by atomic mass is 15.8. The normalized spacial score (nSPS) is 16.2. The number of hydrogen-bond acceptors (Lipinski definition) is 6. The molecule has 6 nitrogen and oxygen atoms in total. The summed E-state index contributed by atoms with van der Waals surface area (Å²) in [6, 6.07) is 57.9. The number of nitrogens with two attached hydrogens (primary N) is 3. The highest BCUT2D eigenvalue weighted by molar-refractivity contribution is 6.13. The molecule has 6 heteroatoms. The average molecular weight is 691 g/mol. The highest BCUT2D eigenvalue weighted by Gasteiger charge is 2.39. The summed E-state index contributed by atoms with van der Waals surface area (Å²) in [6.07, 6.45) is 3.77. The molecule has 0 saturated carbocycles. The predicted molar refractivity (Wildman–Crippen MR) is 220 cm³/mol. The molecule has 53 heavy (non-hydrogen) atoms. The number of fused-ring (bicyclic) bond motifs is 2. The predicted octanol–water partition coefficient (Wildman–Crippen LogP) is 9.17. The largest absolute Gasteiger partial charge is 0.398 e. The van der Waals surface area contributed by atoms with Gasteiger partial charge >= 0.3 is 0 Å². The maximum absolute atomic E-state index is 6.94. The molecule has 1 fully saturated rings. The molecule has 0 aromatic heterocycles. The van der Waals surface area contributed by atoms with E-state index >= 15 is 0 Å². The quantitative estimate of drug-likeness (QED) is 0.0930. The lowest BCUT2D eigenvalue weighted by Gasteiger charge is -2.19. The fraction of sp³-hybridized carbons (Fsp3) is 0.0851. The second-order valence-corrected chi connectivity index (χ2v) is 13.4. The maximum Gasteiger partial charge on any atom is 0.107 e. The summed E-state index contributed by atoms with van der Waals surface area (Å²) < 4.78 is 0. The van der Waals surface area contributed by atoms with Crippen molar-refractivity contribution in [3.63, 3.8) is 0 Å². The Balaban J connectivity index is 1.09. The van der Waals surface area contributed by atoms with E-state index in [4.69, 9.17) is 22.2 Å². The van der Waals surface area contributed by atoms with Crippen molar-refractivity contribution in [1.82, 2.24) is 10.0 Å². The molecule has 1 saturated heterocycles. The summed E-state index contributed by atoms with van der Waals surface area (Å²) in [5.41, 5.74) is 29.3. The third-order valence-corrected chi connectivity index (χ3v) is 9.94. The zero-order valence-corrected chi connectivity index (χ0v) is 29.5. The van der Waals surface area contributed by atoms with Gasteiger partial charge in [0.15, 0.2) is 0 Å². The van der Waals surface area contributed by atoms with Gasteiger partial charge in [-0.15, -0.1) is 0 Å². The van der Waals surface area contributed by atoms with Crippen LogP contribution in [0.15, 0.2) is 187 Å². The first-order chi connectivity index (χ1) is 26.0. The molecule has 1 aliphatic heterocycles. The molecule has 1 aliphatic rings. The lowest BCUT2D eigenvalue weighted by atomic mass is 9.99. The molecule has 0 spiro atoms. The molecular weight excluding hydrogens is 649 g/mol. The van der Waals surface area contributed by atoms with Gasteiger partial charge in [-0.3, -0.25) is 10.0 Å². The highest BCUT2D eigenvalue weighted by Crippen LogP contribution is 2.37. The van der Waals surface area contributed by atoms with Gasteiger partial charge in [-0.25, -0.2) is 0 Å². The van der Waals surface area contributed by atoms with E-state index in [1.807, 2.05) is 60.7 Å². The summed E-state index contributed by atoms with van der Waals surface area (Å²) >= 11 is 0. The van der Waals surface area contributed by atoms with Crippen LogP contribution in [-0.4, -0.2) is 22.4 Å². The van der Waals surface area contributed by atoms with Crippen molar-refractivity contribution < 1.29 is 0 Å². The topological polar surface area (TPSA) is 96.4 Å². The molecule has 0 radical (unpaired) electrons. The van der Waals surface area contributed by atoms with Crippen LogP contribution in [0.4, 0.5) is 0 Å². The Bertz CT molecular complexity index is 2440. The summed E-state index contributed by atoms with van der Waals surface area (Å²) in [4.78, 5) is 5.19. The third-order valence-electron chi connectivity index (χ3n) is 9.94. The number of hydrogen-bond donors (Lipinski definition) is 3. The zero-order chi connectivity index (χ0) is 36.1. The minimum absolute atomic E-state index is 0.259. The van der Waals surface area contributed by atoms with Gasteiger partial charge in [0.1, 0.15) is 12.8 Å². The summed E-state index contributed by atoms with van der Waals surface area (Å²) in [6.45, 7) is 1.20. The molecule has 7 aromatic rings. The van der Waals surface area contributed by atoms with E-state index in [2.05, 4.69) is 131 Å². The Kier molecular flexibility index (Phi) is 9.65. The minimum Gasteiger partial charge on any atom is -0.398 e. The van der Waals surface area contributed by atoms with Crippen LogP contribution < -0.4 is 17.2 Å². The van der Waals surface area contributed by atoms with Crippen molar-refractivity contribution in [2.45, 2.75) is 18.8 Å². The maximum atomic E-state index is 6.94. The first-order valence-electron chi connectivity index (χ1n) is 18.0. The standard InChI is InChI=1S/C47H42N6/c48-43(35-15-3-1-4-16-35)30-46(37-17-5-2-6-18-37)52-32-53(52)47(50)38-27-25-36(26-28-38)45(51-31-39-21-11-19-33-13-7-9-22-40(33)39)29-44(49)42-24-12-20-34-14-8-10-23-41(34)42/h1-30,43,47H,31-32,48-50H2/b44-29-,46-30-,51-45+/t43?,47?,52?,53-/m0/s1. The number of hydrazine groups is 1. The first kappa shape index (κ1) is 33.8. The van der Waals surface area contributed by atoms with Crippen LogP contribution in [0.2, 0.25) is 0 Å². The zero-order valence-electron chi connectivity index (χ0n) is 29.5. The second-order valence-electron chi connectivity index (χ2n) is 13.4. The molecule has 260 valence electrons. The Labute approximate surface area is 310 Å². The SMILES string of the molecule is N/C(=C\C(=N/Cc1cccc2ccccc12)c1ccc(C(N)[N@]2CN2/C(=C\C(N)c2ccccc2)c2ccccc2)cc1)c1cccc2ccccc12. The van der Waals surface area contributed by atoms with Crippen molar-refractivity contribution in [2.75, 3.05) is 6.67 Å². The van der Waals surface area contributed by atoms with Crippen molar-refractivity contribution in [1.29, 1.82) is 0 Å². The van der Waals surface area contributed by atoms with Gasteiger partial charge in [0.05, 0.1) is 24.0 Å². The van der Waals surface area contributed by atoms with Gasteiger partial charge in [0.25, 0.3) is 0 Å². The number of benzene rings is 7. The van der Waals surface area contributed by atoms with E-state index in [1.54, 1.807) is 0 Å². The van der Waals surface area contributed by atoms with Gasteiger partial charge in [-0.1, -0.05) is 170 Å². The van der Waals surface area contributed by atoms with Gasteiger partial charge in [-0.05, 0) is 61.5 Å². The fourth-order valence-corrected chi connectivity index (χ4v) is 6.99. The lowest BCUT2D eigenvalue weighted by molar-refractivity contribution is 0.302. The Morgan fingerprint density at radius 3 is 1.94 bits per heavy atom. The monoisotopic (exact) mass is 690 g/mol. The van der Waals surface area contributed by atoms with E-state index in [0.717, 1.165) is 55.6 Å². The lowest BCUT2D eigenvalue weighted by Crippen LogP contribution is -2.23. The number of allylic oxidation sites excluding steroid dienone is 1. The van der Waals surface area contributed by atoms with E-state index in [1.165, 1.54) is 10.8 Å². The molecular formula is C47H42N6. The van der Waals surface area contributed by atoms with Crippen LogP contribution in [0, 0.1) is 0 Å². The molecule has 0 bridgehead atoms. The van der Waals surface area contributed by atoms with Gasteiger partial charge < -0.3 is 17.2 Å². The van der Waals surface area contributed by atoms with Crippen molar-refractivity contribution in [3.05, 3.63) is 215 Å². The van der Waals surface area contributed by atoms with Crippen LogP contribution in [-0.2, 0) is 6.54 Å². The fourth-order valence-electron chi connectivity index (χ4n) is 6.99. The van der Waals surface area contributed by atoms with Crippen LogP contribution >= 0.6 is 0 Å². The molecule has 0 amide bonds. The van der Waals surface area contributed by atoms with Gasteiger partial charge in [-0.2, -0.15) is 5.01 Å². The van der Waals surface area contributed by atoms with E-state index in [0.29, 0.717) is 18.9 Å². The molecule has 7 aromatic carbocycles. The van der Waals surface area contributed by atoms with Crippen LogP contribution in [0.5, 0.6) is 0 Å². The van der Waals surface area contributed by atoms with Crippen LogP contribution in [0.3, 0.4) is 0 Å². The summed E-state index contributed by atoms with van der Waals surface area (Å²) in [7, 11) is 0. The second kappa shape index (κ2) is 15.1. The number of nitrogens with zero attached hydrogens (tertiary/aromatic N) is 3. The summed E-state index contributed by atoms with van der Waals surface area (Å²) in [5.74, 6) is 0.